The molecule has 2 atom stereocenters. The molecule has 1 N–H and O–H groups in total. The number of aryl methyl sites for hydroxylation is 1. The van der Waals surface area contributed by atoms with Crippen LogP contribution in [-0.4, -0.2) is 65.2 Å². The summed E-state index contributed by atoms with van der Waals surface area (Å²) in [7, 11) is 4.49. The lowest BCUT2D eigenvalue weighted by Gasteiger charge is -2.26. The van der Waals surface area contributed by atoms with Crippen LogP contribution >= 0.6 is 0 Å². The van der Waals surface area contributed by atoms with E-state index in [9.17, 15) is 14.7 Å². The minimum absolute atomic E-state index is 0.00353. The second-order valence-electron chi connectivity index (χ2n) is 9.56. The maximum atomic E-state index is 13.5. The number of rotatable bonds is 9. The third-order valence-corrected chi connectivity index (χ3v) is 7.09. The number of aromatic nitrogens is 2. The van der Waals surface area contributed by atoms with E-state index in [0.29, 0.717) is 47.8 Å². The summed E-state index contributed by atoms with van der Waals surface area (Å²) < 4.78 is 24.2. The Balaban J connectivity index is 1.61. The zero-order valence-corrected chi connectivity index (χ0v) is 22.3. The highest BCUT2D eigenvalue weighted by molar-refractivity contribution is 6.46. The predicted molar refractivity (Wildman–Crippen MR) is 142 cm³/mol. The summed E-state index contributed by atoms with van der Waals surface area (Å²) in [6, 6.07) is 7.82. The fourth-order valence-electron chi connectivity index (χ4n) is 5.28. The van der Waals surface area contributed by atoms with Gasteiger partial charge in [0.25, 0.3) is 11.7 Å². The van der Waals surface area contributed by atoms with Gasteiger partial charge >= 0.3 is 0 Å². The Kier molecular flexibility index (Phi) is 7.19. The Morgan fingerprint density at radius 1 is 1.08 bits per heavy atom. The number of carbonyl (C=O) groups excluding carboxylic acids is 2. The first kappa shape index (κ1) is 26.1. The highest BCUT2D eigenvalue weighted by atomic mass is 16.5. The molecule has 1 saturated heterocycles. The number of Topliss-reactive ketones (excluding diaryl/α,β-unsaturated/α-hetero) is 1. The lowest BCUT2D eigenvalue weighted by molar-refractivity contribution is -0.139. The molecule has 0 radical (unpaired) electrons. The Hall–Kier alpha value is -4.47. The number of aliphatic hydroxyl groups excluding tert-OH is 1. The second-order valence-corrected chi connectivity index (χ2v) is 9.56. The molecule has 0 saturated carbocycles. The van der Waals surface area contributed by atoms with Crippen LogP contribution in [0, 0.1) is 0 Å². The van der Waals surface area contributed by atoms with Crippen molar-refractivity contribution in [2.75, 3.05) is 27.9 Å². The largest absolute Gasteiger partial charge is 0.507 e. The van der Waals surface area contributed by atoms with E-state index in [0.717, 1.165) is 11.3 Å². The molecule has 2 aliphatic rings. The first-order chi connectivity index (χ1) is 18.9. The van der Waals surface area contributed by atoms with Gasteiger partial charge in [-0.3, -0.25) is 9.59 Å². The van der Waals surface area contributed by atoms with Gasteiger partial charge in [-0.25, -0.2) is 4.98 Å². The number of hydrogen-bond acceptors (Lipinski definition) is 8. The van der Waals surface area contributed by atoms with Crippen molar-refractivity contribution in [2.24, 2.45) is 0 Å². The van der Waals surface area contributed by atoms with Gasteiger partial charge in [-0.15, -0.1) is 0 Å². The number of fused-ring (bicyclic) bond motifs is 1. The minimum Gasteiger partial charge on any atom is -0.507 e. The van der Waals surface area contributed by atoms with Crippen LogP contribution < -0.4 is 18.9 Å². The molecule has 1 fully saturated rings. The number of methoxy groups -OCH3 is 3. The monoisotopic (exact) mass is 533 g/mol. The number of carbonyl (C=O) groups is 2. The number of hydrogen-bond donors (Lipinski definition) is 1. The van der Waals surface area contributed by atoms with Gasteiger partial charge in [-0.2, -0.15) is 0 Å². The van der Waals surface area contributed by atoms with Crippen molar-refractivity contribution in [1.82, 2.24) is 14.5 Å². The molecule has 2 aromatic carbocycles. The number of amides is 1. The molecule has 204 valence electrons. The lowest BCUT2D eigenvalue weighted by atomic mass is 9.94. The van der Waals surface area contributed by atoms with Gasteiger partial charge in [0, 0.05) is 37.5 Å². The van der Waals surface area contributed by atoms with Crippen molar-refractivity contribution in [2.45, 2.75) is 38.5 Å². The predicted octanol–water partition coefficient (Wildman–Crippen LogP) is 3.74. The van der Waals surface area contributed by atoms with Gasteiger partial charge in [0.2, 0.25) is 5.75 Å². The van der Waals surface area contributed by atoms with E-state index >= 15 is 0 Å². The molecule has 0 spiro atoms. The van der Waals surface area contributed by atoms with E-state index in [2.05, 4.69) is 4.98 Å². The van der Waals surface area contributed by atoms with Crippen molar-refractivity contribution in [3.05, 3.63) is 71.3 Å². The first-order valence-corrected chi connectivity index (χ1v) is 12.7. The van der Waals surface area contributed by atoms with Crippen LogP contribution in [0.2, 0.25) is 0 Å². The zero-order valence-electron chi connectivity index (χ0n) is 22.3. The summed E-state index contributed by atoms with van der Waals surface area (Å²) in [5.41, 5.74) is 1.93. The first-order valence-electron chi connectivity index (χ1n) is 12.7. The topological polar surface area (TPSA) is 112 Å². The van der Waals surface area contributed by atoms with E-state index in [1.165, 1.54) is 26.2 Å². The van der Waals surface area contributed by atoms with Crippen molar-refractivity contribution in [3.8, 4) is 23.0 Å². The Bertz CT molecular complexity index is 1410. The molecular weight excluding hydrogens is 502 g/mol. The van der Waals surface area contributed by atoms with E-state index in [-0.39, 0.29) is 24.0 Å². The Morgan fingerprint density at radius 3 is 2.46 bits per heavy atom. The number of nitrogens with zero attached hydrogens (tertiary/aromatic N) is 3. The SMILES string of the molecule is COc1cc(C2C(=C(O)c3ccc4c(c3)CC(C)O4)C(=O)C(=O)N2CCCn2ccnc2)cc(OC)c1OC. The molecule has 3 heterocycles. The molecule has 10 nitrogen and oxygen atoms in total. The van der Waals surface area contributed by atoms with Gasteiger partial charge in [0.15, 0.2) is 11.5 Å². The maximum absolute atomic E-state index is 13.5. The molecule has 1 aromatic heterocycles. The van der Waals surface area contributed by atoms with Crippen LogP contribution in [0.3, 0.4) is 0 Å². The quantitative estimate of drug-likeness (QED) is 0.252. The summed E-state index contributed by atoms with van der Waals surface area (Å²) in [6.45, 7) is 2.85. The van der Waals surface area contributed by atoms with Gasteiger partial charge < -0.3 is 33.5 Å². The van der Waals surface area contributed by atoms with Crippen LogP contribution in [0.25, 0.3) is 5.76 Å². The number of ether oxygens (including phenoxy) is 4. The molecular formula is C29H31N3O7. The standard InChI is InChI=1S/C29H31N3O7/c1-17-12-19-13-18(6-7-21(19)39-17)26(33)24-25(20-14-22(36-2)28(38-4)23(15-20)37-3)32(29(35)27(24)34)10-5-9-31-11-8-30-16-31/h6-8,11,13-17,25,33H,5,9-10,12H2,1-4H3. The third-order valence-electron chi connectivity index (χ3n) is 7.09. The van der Waals surface area contributed by atoms with Gasteiger partial charge in [-0.05, 0) is 54.8 Å². The average Bonchev–Trinajstić information content (AvgIpc) is 3.65. The highest BCUT2D eigenvalue weighted by Gasteiger charge is 2.46. The zero-order chi connectivity index (χ0) is 27.7. The molecule has 5 rings (SSSR count). The highest BCUT2D eigenvalue weighted by Crippen LogP contribution is 2.46. The van der Waals surface area contributed by atoms with Gasteiger partial charge in [-0.1, -0.05) is 0 Å². The molecule has 39 heavy (non-hydrogen) atoms. The fraction of sp³-hybridized carbons (Fsp3) is 0.345. The molecule has 10 heteroatoms. The number of benzene rings is 2. The Morgan fingerprint density at radius 2 is 1.82 bits per heavy atom. The van der Waals surface area contributed by atoms with Crippen LogP contribution in [0.5, 0.6) is 23.0 Å². The van der Waals surface area contributed by atoms with Crippen molar-refractivity contribution < 1.29 is 33.6 Å². The van der Waals surface area contributed by atoms with Crippen LogP contribution in [0.1, 0.15) is 36.1 Å². The van der Waals surface area contributed by atoms with Crippen LogP contribution in [0.15, 0.2) is 54.6 Å². The summed E-state index contributed by atoms with van der Waals surface area (Å²) in [6.07, 6.45) is 6.50. The maximum Gasteiger partial charge on any atom is 0.295 e. The normalized spacial score (nSPS) is 19.6. The molecule has 1 amide bonds. The van der Waals surface area contributed by atoms with Crippen molar-refractivity contribution in [3.63, 3.8) is 0 Å². The van der Waals surface area contributed by atoms with E-state index < -0.39 is 17.7 Å². The van der Waals surface area contributed by atoms with Crippen molar-refractivity contribution >= 4 is 17.4 Å². The smallest absolute Gasteiger partial charge is 0.295 e. The Labute approximate surface area is 226 Å². The minimum atomic E-state index is -0.870. The molecule has 2 unspecified atom stereocenters. The summed E-state index contributed by atoms with van der Waals surface area (Å²) in [4.78, 5) is 32.4. The van der Waals surface area contributed by atoms with Gasteiger partial charge in [0.05, 0.1) is 39.3 Å². The average molecular weight is 534 g/mol. The molecule has 2 aliphatic heterocycles. The van der Waals surface area contributed by atoms with E-state index in [1.807, 2.05) is 23.8 Å². The van der Waals surface area contributed by atoms with E-state index in [4.69, 9.17) is 18.9 Å². The number of likely N-dealkylation sites (tertiary alicyclic amines) is 1. The molecule has 3 aromatic rings. The number of imidazole rings is 1. The molecule has 0 aliphatic carbocycles. The third kappa shape index (κ3) is 4.78. The number of ketones is 1. The lowest BCUT2D eigenvalue weighted by Crippen LogP contribution is -2.31. The van der Waals surface area contributed by atoms with Gasteiger partial charge in [0.1, 0.15) is 17.6 Å². The van der Waals surface area contributed by atoms with Crippen molar-refractivity contribution in [1.29, 1.82) is 0 Å². The number of aliphatic hydroxyl groups is 1. The van der Waals surface area contributed by atoms with Crippen LogP contribution in [0.4, 0.5) is 0 Å². The fourth-order valence-corrected chi connectivity index (χ4v) is 5.28. The summed E-state index contributed by atoms with van der Waals surface area (Å²) in [5.74, 6) is 0.206. The molecule has 0 bridgehead atoms. The van der Waals surface area contributed by atoms with E-state index in [1.54, 1.807) is 36.8 Å². The second kappa shape index (κ2) is 10.7. The summed E-state index contributed by atoms with van der Waals surface area (Å²) >= 11 is 0. The summed E-state index contributed by atoms with van der Waals surface area (Å²) in [5, 5.41) is 11.5. The van der Waals surface area contributed by atoms with Crippen LogP contribution in [-0.2, 0) is 22.6 Å².